The molecule has 2 aromatic rings. The zero-order valence-electron chi connectivity index (χ0n) is 11.8. The van der Waals surface area contributed by atoms with Crippen molar-refractivity contribution >= 4 is 17.5 Å². The molecular weight excluding hydrogens is 282 g/mol. The lowest BCUT2D eigenvalue weighted by atomic mass is 10.2. The highest BCUT2D eigenvalue weighted by Gasteiger charge is 2.06. The molecule has 7 nitrogen and oxygen atoms in total. The van der Waals surface area contributed by atoms with Gasteiger partial charge >= 0.3 is 0 Å². The Hall–Kier alpha value is -3.14. The molecule has 0 fully saturated rings. The fourth-order valence-electron chi connectivity index (χ4n) is 1.72. The first kappa shape index (κ1) is 15.3. The number of carbonyl (C=O) groups excluding carboxylic acids is 2. The fraction of sp³-hybridized carbons (Fsp3) is 0.200. The molecule has 7 heteroatoms. The van der Waals surface area contributed by atoms with Gasteiger partial charge in [0, 0.05) is 17.7 Å². The number of nitrogens with one attached hydrogen (secondary N) is 2. The summed E-state index contributed by atoms with van der Waals surface area (Å²) in [6.45, 7) is 0.314. The number of anilines is 1. The first-order valence-corrected chi connectivity index (χ1v) is 6.63. The van der Waals surface area contributed by atoms with Gasteiger partial charge in [0.25, 0.3) is 0 Å². The SMILES string of the molecule is C#Cc1cccc(NC(=O)CNC(=O)CCn2cncn2)c1. The smallest absolute Gasteiger partial charge is 0.243 e. The van der Waals surface area contributed by atoms with Gasteiger partial charge < -0.3 is 10.6 Å². The summed E-state index contributed by atoms with van der Waals surface area (Å²) in [5.74, 6) is 1.94. The molecule has 2 N–H and O–H groups in total. The van der Waals surface area contributed by atoms with E-state index in [1.165, 1.54) is 12.7 Å². The number of hydrogen-bond donors (Lipinski definition) is 2. The van der Waals surface area contributed by atoms with Gasteiger partial charge in [0.2, 0.25) is 11.8 Å². The van der Waals surface area contributed by atoms with Crippen molar-refractivity contribution in [1.29, 1.82) is 0 Å². The topological polar surface area (TPSA) is 88.9 Å². The standard InChI is InChI=1S/C15H15N5O2/c1-2-12-4-3-5-13(8-12)19-15(22)9-17-14(21)6-7-20-11-16-10-18-20/h1,3-5,8,10-11H,6-7,9H2,(H,17,21)(H,19,22). The minimum absolute atomic E-state index is 0.101. The van der Waals surface area contributed by atoms with E-state index < -0.39 is 0 Å². The van der Waals surface area contributed by atoms with Gasteiger partial charge in [0.05, 0.1) is 13.1 Å². The number of rotatable bonds is 6. The van der Waals surface area contributed by atoms with Gasteiger partial charge in [-0.15, -0.1) is 6.42 Å². The van der Waals surface area contributed by atoms with Gasteiger partial charge in [-0.3, -0.25) is 14.3 Å². The first-order chi connectivity index (χ1) is 10.7. The number of amides is 2. The van der Waals surface area contributed by atoms with Crippen molar-refractivity contribution in [3.63, 3.8) is 0 Å². The second kappa shape index (κ2) is 7.59. The lowest BCUT2D eigenvalue weighted by molar-refractivity contribution is -0.124. The van der Waals surface area contributed by atoms with Gasteiger partial charge in [-0.05, 0) is 18.2 Å². The van der Waals surface area contributed by atoms with Crippen molar-refractivity contribution in [3.05, 3.63) is 42.5 Å². The Bertz CT molecular complexity index is 688. The molecule has 2 amide bonds. The molecule has 0 spiro atoms. The van der Waals surface area contributed by atoms with E-state index in [-0.39, 0.29) is 24.8 Å². The van der Waals surface area contributed by atoms with E-state index in [1.807, 2.05) is 0 Å². The molecular formula is C15H15N5O2. The third kappa shape index (κ3) is 4.76. The maximum atomic E-state index is 11.7. The van der Waals surface area contributed by atoms with E-state index in [4.69, 9.17) is 6.42 Å². The molecule has 22 heavy (non-hydrogen) atoms. The van der Waals surface area contributed by atoms with Crippen molar-refractivity contribution in [1.82, 2.24) is 20.1 Å². The van der Waals surface area contributed by atoms with E-state index in [0.717, 1.165) is 0 Å². The molecule has 0 unspecified atom stereocenters. The second-order valence-corrected chi connectivity index (χ2v) is 4.46. The molecule has 1 heterocycles. The predicted molar refractivity (Wildman–Crippen MR) is 80.7 cm³/mol. The Balaban J connectivity index is 1.72. The van der Waals surface area contributed by atoms with Gasteiger partial charge in [-0.2, -0.15) is 5.10 Å². The van der Waals surface area contributed by atoms with Crippen molar-refractivity contribution in [2.24, 2.45) is 0 Å². The highest BCUT2D eigenvalue weighted by molar-refractivity contribution is 5.94. The van der Waals surface area contributed by atoms with Gasteiger partial charge in [-0.1, -0.05) is 12.0 Å². The molecule has 0 atom stereocenters. The monoisotopic (exact) mass is 297 g/mol. The second-order valence-electron chi connectivity index (χ2n) is 4.46. The van der Waals surface area contributed by atoms with Crippen LogP contribution >= 0.6 is 0 Å². The summed E-state index contributed by atoms with van der Waals surface area (Å²) in [6.07, 6.45) is 8.44. The van der Waals surface area contributed by atoms with E-state index in [2.05, 4.69) is 26.6 Å². The maximum absolute atomic E-state index is 11.7. The Morgan fingerprint density at radius 3 is 2.91 bits per heavy atom. The third-order valence-corrected chi connectivity index (χ3v) is 2.79. The molecule has 2 rings (SSSR count). The van der Waals surface area contributed by atoms with Crippen LogP contribution in [0.3, 0.4) is 0 Å². The van der Waals surface area contributed by atoms with Crippen molar-refractivity contribution in [2.75, 3.05) is 11.9 Å². The Morgan fingerprint density at radius 1 is 1.32 bits per heavy atom. The van der Waals surface area contributed by atoms with Crippen molar-refractivity contribution < 1.29 is 9.59 Å². The van der Waals surface area contributed by atoms with Crippen LogP contribution in [0.1, 0.15) is 12.0 Å². The van der Waals surface area contributed by atoms with E-state index in [0.29, 0.717) is 17.8 Å². The minimum atomic E-state index is -0.316. The van der Waals surface area contributed by atoms with Crippen molar-refractivity contribution in [2.45, 2.75) is 13.0 Å². The number of aryl methyl sites for hydroxylation is 1. The largest absolute Gasteiger partial charge is 0.347 e. The summed E-state index contributed by atoms with van der Waals surface area (Å²) >= 11 is 0. The highest BCUT2D eigenvalue weighted by atomic mass is 16.2. The molecule has 1 aromatic carbocycles. The van der Waals surface area contributed by atoms with Gasteiger partial charge in [0.15, 0.2) is 0 Å². The molecule has 112 valence electrons. The lowest BCUT2D eigenvalue weighted by Gasteiger charge is -2.07. The molecule has 1 aromatic heterocycles. The summed E-state index contributed by atoms with van der Waals surface area (Å²) in [5.41, 5.74) is 1.27. The molecule has 0 radical (unpaired) electrons. The summed E-state index contributed by atoms with van der Waals surface area (Å²) in [4.78, 5) is 27.1. The number of terminal acetylenes is 1. The summed E-state index contributed by atoms with van der Waals surface area (Å²) < 4.78 is 1.55. The normalized spacial score (nSPS) is 9.77. The zero-order valence-corrected chi connectivity index (χ0v) is 11.8. The third-order valence-electron chi connectivity index (χ3n) is 2.79. The fourth-order valence-corrected chi connectivity index (χ4v) is 1.72. The number of hydrogen-bond acceptors (Lipinski definition) is 4. The van der Waals surface area contributed by atoms with Crippen LogP contribution in [-0.4, -0.2) is 33.1 Å². The lowest BCUT2D eigenvalue weighted by Crippen LogP contribution is -2.33. The van der Waals surface area contributed by atoms with Gasteiger partial charge in [0.1, 0.15) is 12.7 Å². The number of benzene rings is 1. The molecule has 0 saturated heterocycles. The molecule has 0 saturated carbocycles. The number of nitrogens with zero attached hydrogens (tertiary/aromatic N) is 3. The van der Waals surface area contributed by atoms with Crippen LogP contribution in [0.4, 0.5) is 5.69 Å². The number of aromatic nitrogens is 3. The quantitative estimate of drug-likeness (QED) is 0.756. The Labute approximate surface area is 127 Å². The molecule has 0 aliphatic rings. The first-order valence-electron chi connectivity index (χ1n) is 6.63. The van der Waals surface area contributed by atoms with Gasteiger partial charge in [-0.25, -0.2) is 4.98 Å². The summed E-state index contributed by atoms with van der Waals surface area (Å²) in [7, 11) is 0. The number of carbonyl (C=O) groups is 2. The van der Waals surface area contributed by atoms with Crippen LogP contribution in [0.15, 0.2) is 36.9 Å². The Kier molecular flexibility index (Phi) is 5.26. The predicted octanol–water partition coefficient (Wildman–Crippen LogP) is 0.404. The zero-order chi connectivity index (χ0) is 15.8. The summed E-state index contributed by atoms with van der Waals surface area (Å²) in [5, 5.41) is 9.09. The average Bonchev–Trinajstić information content (AvgIpc) is 3.04. The molecule has 0 aliphatic carbocycles. The average molecular weight is 297 g/mol. The molecule has 0 bridgehead atoms. The van der Waals surface area contributed by atoms with Crippen molar-refractivity contribution in [3.8, 4) is 12.3 Å². The van der Waals surface area contributed by atoms with Crippen LogP contribution in [0.5, 0.6) is 0 Å². The van der Waals surface area contributed by atoms with Crippen LogP contribution in [0.2, 0.25) is 0 Å². The van der Waals surface area contributed by atoms with Crippen LogP contribution in [0.25, 0.3) is 0 Å². The van der Waals surface area contributed by atoms with Crippen LogP contribution < -0.4 is 10.6 Å². The molecule has 0 aliphatic heterocycles. The Morgan fingerprint density at radius 2 is 2.18 bits per heavy atom. The maximum Gasteiger partial charge on any atom is 0.243 e. The van der Waals surface area contributed by atoms with E-state index >= 15 is 0 Å². The van der Waals surface area contributed by atoms with E-state index in [1.54, 1.807) is 28.9 Å². The van der Waals surface area contributed by atoms with Crippen LogP contribution in [0, 0.1) is 12.3 Å². The minimum Gasteiger partial charge on any atom is -0.347 e. The highest BCUT2D eigenvalue weighted by Crippen LogP contribution is 2.09. The summed E-state index contributed by atoms with van der Waals surface area (Å²) in [6, 6.07) is 6.93. The van der Waals surface area contributed by atoms with Crippen LogP contribution in [-0.2, 0) is 16.1 Å². The van der Waals surface area contributed by atoms with E-state index in [9.17, 15) is 9.59 Å².